The van der Waals surface area contributed by atoms with Crippen LogP contribution in [0.15, 0.2) is 30.7 Å². The van der Waals surface area contributed by atoms with Crippen molar-refractivity contribution in [2.24, 2.45) is 0 Å². The molecule has 0 aromatic carbocycles. The number of H-pyrrole nitrogens is 1. The fraction of sp³-hybridized carbons (Fsp3) is 0.500. The third-order valence-corrected chi connectivity index (χ3v) is 3.58. The second-order valence-electron chi connectivity index (χ2n) is 5.23. The van der Waals surface area contributed by atoms with E-state index in [1.165, 1.54) is 0 Å². The molecule has 3 heterocycles. The molecule has 0 spiro atoms. The van der Waals surface area contributed by atoms with E-state index in [9.17, 15) is 0 Å². The molecular weight excluding hydrogens is 268 g/mol. The van der Waals surface area contributed by atoms with Gasteiger partial charge in [-0.15, -0.1) is 5.10 Å². The highest BCUT2D eigenvalue weighted by atomic mass is 16.5. The molecule has 2 aromatic rings. The number of nitrogens with one attached hydrogen (secondary N) is 1. The van der Waals surface area contributed by atoms with E-state index in [-0.39, 0.29) is 6.10 Å². The first kappa shape index (κ1) is 14.0. The van der Waals surface area contributed by atoms with Crippen LogP contribution < -0.4 is 4.90 Å². The number of aromatic nitrogens is 4. The predicted octanol–water partition coefficient (Wildman–Crippen LogP) is 0.537. The standard InChI is InChI=1S/C14H20N6O/c1-19(14-3-2-4-17-18-14)9-12-10-20(7-8-21-12)11-13-15-5-6-16-13/h2-6,12H,7-11H2,1H3,(H,15,16)/t12-/m0/s1. The molecule has 0 amide bonds. The maximum absolute atomic E-state index is 5.86. The van der Waals surface area contributed by atoms with Gasteiger partial charge < -0.3 is 14.6 Å². The molecule has 1 fully saturated rings. The molecule has 1 saturated heterocycles. The number of rotatable bonds is 5. The third-order valence-electron chi connectivity index (χ3n) is 3.58. The van der Waals surface area contributed by atoms with E-state index < -0.39 is 0 Å². The number of ether oxygens (including phenoxy) is 1. The van der Waals surface area contributed by atoms with Crippen LogP contribution >= 0.6 is 0 Å². The molecule has 1 atom stereocenters. The summed E-state index contributed by atoms with van der Waals surface area (Å²) in [6, 6.07) is 3.85. The Morgan fingerprint density at radius 1 is 1.48 bits per heavy atom. The maximum atomic E-state index is 5.86. The summed E-state index contributed by atoms with van der Waals surface area (Å²) in [5, 5.41) is 8.02. The molecule has 0 radical (unpaired) electrons. The lowest BCUT2D eigenvalue weighted by atomic mass is 10.2. The van der Waals surface area contributed by atoms with Crippen molar-refractivity contribution in [1.82, 2.24) is 25.1 Å². The van der Waals surface area contributed by atoms with Gasteiger partial charge in [-0.05, 0) is 12.1 Å². The van der Waals surface area contributed by atoms with Gasteiger partial charge in [-0.2, -0.15) is 5.10 Å². The first-order valence-electron chi connectivity index (χ1n) is 7.12. The summed E-state index contributed by atoms with van der Waals surface area (Å²) in [5.41, 5.74) is 0. The minimum Gasteiger partial charge on any atom is -0.374 e. The summed E-state index contributed by atoms with van der Waals surface area (Å²) >= 11 is 0. The molecular formula is C14H20N6O. The molecule has 112 valence electrons. The van der Waals surface area contributed by atoms with E-state index in [1.807, 2.05) is 25.4 Å². The quantitative estimate of drug-likeness (QED) is 0.866. The minimum atomic E-state index is 0.167. The molecule has 7 nitrogen and oxygen atoms in total. The fourth-order valence-corrected chi connectivity index (χ4v) is 2.53. The Kier molecular flexibility index (Phi) is 4.42. The average Bonchev–Trinajstić information content (AvgIpc) is 3.01. The molecule has 7 heteroatoms. The number of hydrogen-bond acceptors (Lipinski definition) is 6. The average molecular weight is 288 g/mol. The normalized spacial score (nSPS) is 19.6. The Bertz CT molecular complexity index is 532. The van der Waals surface area contributed by atoms with Crippen molar-refractivity contribution in [3.8, 4) is 0 Å². The minimum absolute atomic E-state index is 0.167. The molecule has 0 saturated carbocycles. The van der Waals surface area contributed by atoms with Gasteiger partial charge >= 0.3 is 0 Å². The molecule has 1 aliphatic heterocycles. The summed E-state index contributed by atoms with van der Waals surface area (Å²) in [7, 11) is 2.01. The maximum Gasteiger partial charge on any atom is 0.151 e. The smallest absolute Gasteiger partial charge is 0.151 e. The van der Waals surface area contributed by atoms with E-state index in [0.29, 0.717) is 0 Å². The summed E-state index contributed by atoms with van der Waals surface area (Å²) in [6.45, 7) is 4.21. The van der Waals surface area contributed by atoms with Gasteiger partial charge in [-0.3, -0.25) is 4.90 Å². The lowest BCUT2D eigenvalue weighted by Crippen LogP contribution is -2.46. The molecule has 1 aliphatic rings. The van der Waals surface area contributed by atoms with E-state index in [2.05, 4.69) is 30.0 Å². The Morgan fingerprint density at radius 2 is 2.43 bits per heavy atom. The third kappa shape index (κ3) is 3.77. The van der Waals surface area contributed by atoms with Gasteiger partial charge in [0.25, 0.3) is 0 Å². The van der Waals surface area contributed by atoms with Gasteiger partial charge in [-0.25, -0.2) is 4.98 Å². The number of hydrogen-bond donors (Lipinski definition) is 1. The Hall–Kier alpha value is -1.99. The summed E-state index contributed by atoms with van der Waals surface area (Å²) in [6.07, 6.45) is 5.49. The van der Waals surface area contributed by atoms with Gasteiger partial charge in [0.05, 0.1) is 19.3 Å². The second-order valence-corrected chi connectivity index (χ2v) is 5.23. The number of aromatic amines is 1. The number of imidazole rings is 1. The summed E-state index contributed by atoms with van der Waals surface area (Å²) in [4.78, 5) is 11.9. The second kappa shape index (κ2) is 6.64. The highest BCUT2D eigenvalue weighted by Crippen LogP contribution is 2.12. The zero-order valence-electron chi connectivity index (χ0n) is 12.1. The Labute approximate surface area is 124 Å². The SMILES string of the molecule is CN(C[C@H]1CN(Cc2ncc[nH]2)CCO1)c1cccnn1. The monoisotopic (exact) mass is 288 g/mol. The molecule has 3 rings (SSSR count). The molecule has 0 unspecified atom stereocenters. The van der Waals surface area contributed by atoms with Crippen LogP contribution in [-0.2, 0) is 11.3 Å². The van der Waals surface area contributed by atoms with Crippen molar-refractivity contribution in [2.45, 2.75) is 12.6 Å². The van der Waals surface area contributed by atoms with Gasteiger partial charge in [0.2, 0.25) is 0 Å². The van der Waals surface area contributed by atoms with Gasteiger partial charge in [0.15, 0.2) is 5.82 Å². The van der Waals surface area contributed by atoms with Gasteiger partial charge in [-0.1, -0.05) is 0 Å². The molecule has 0 bridgehead atoms. The van der Waals surface area contributed by atoms with Crippen molar-refractivity contribution in [3.05, 3.63) is 36.5 Å². The fourth-order valence-electron chi connectivity index (χ4n) is 2.53. The first-order valence-corrected chi connectivity index (χ1v) is 7.12. The van der Waals surface area contributed by atoms with Crippen LogP contribution in [0, 0.1) is 0 Å². The van der Waals surface area contributed by atoms with E-state index in [0.717, 1.165) is 44.4 Å². The lowest BCUT2D eigenvalue weighted by molar-refractivity contribution is -0.0271. The Balaban J connectivity index is 1.54. The van der Waals surface area contributed by atoms with Crippen LogP contribution in [0.25, 0.3) is 0 Å². The van der Waals surface area contributed by atoms with Gasteiger partial charge in [0, 0.05) is 45.3 Å². The highest BCUT2D eigenvalue weighted by Gasteiger charge is 2.22. The van der Waals surface area contributed by atoms with Crippen molar-refractivity contribution < 1.29 is 4.74 Å². The Morgan fingerprint density at radius 3 is 3.19 bits per heavy atom. The topological polar surface area (TPSA) is 70.2 Å². The van der Waals surface area contributed by atoms with Crippen LogP contribution in [0.3, 0.4) is 0 Å². The van der Waals surface area contributed by atoms with E-state index >= 15 is 0 Å². The highest BCUT2D eigenvalue weighted by molar-refractivity contribution is 5.35. The van der Waals surface area contributed by atoms with E-state index in [4.69, 9.17) is 4.74 Å². The summed E-state index contributed by atoms with van der Waals surface area (Å²) in [5.74, 6) is 1.86. The van der Waals surface area contributed by atoms with Crippen molar-refractivity contribution >= 4 is 5.82 Å². The van der Waals surface area contributed by atoms with Crippen LogP contribution in [0.2, 0.25) is 0 Å². The van der Waals surface area contributed by atoms with Gasteiger partial charge in [0.1, 0.15) is 5.82 Å². The molecule has 1 N–H and O–H groups in total. The summed E-state index contributed by atoms with van der Waals surface area (Å²) < 4.78 is 5.86. The zero-order chi connectivity index (χ0) is 14.5. The van der Waals surface area contributed by atoms with Crippen LogP contribution in [0.1, 0.15) is 5.82 Å². The van der Waals surface area contributed by atoms with Crippen molar-refractivity contribution in [1.29, 1.82) is 0 Å². The zero-order valence-corrected chi connectivity index (χ0v) is 12.1. The van der Waals surface area contributed by atoms with E-state index in [1.54, 1.807) is 12.4 Å². The van der Waals surface area contributed by atoms with Crippen LogP contribution in [0.5, 0.6) is 0 Å². The largest absolute Gasteiger partial charge is 0.374 e. The number of nitrogens with zero attached hydrogens (tertiary/aromatic N) is 5. The predicted molar refractivity (Wildman–Crippen MR) is 78.9 cm³/mol. The number of likely N-dealkylation sites (N-methyl/N-ethyl adjacent to an activating group) is 1. The molecule has 21 heavy (non-hydrogen) atoms. The molecule has 2 aromatic heterocycles. The first-order chi connectivity index (χ1) is 10.3. The lowest BCUT2D eigenvalue weighted by Gasteiger charge is -2.34. The number of anilines is 1. The molecule has 0 aliphatic carbocycles. The number of morpholine rings is 1. The van der Waals surface area contributed by atoms with Crippen molar-refractivity contribution in [3.63, 3.8) is 0 Å². The van der Waals surface area contributed by atoms with Crippen LogP contribution in [-0.4, -0.2) is 64.5 Å². The van der Waals surface area contributed by atoms with Crippen molar-refractivity contribution in [2.75, 3.05) is 38.2 Å². The van der Waals surface area contributed by atoms with Crippen LogP contribution in [0.4, 0.5) is 5.82 Å².